The van der Waals surface area contributed by atoms with Crippen molar-refractivity contribution in [2.45, 2.75) is 6.54 Å². The maximum atomic E-state index is 5.48. The number of hydrogen-bond acceptors (Lipinski definition) is 3. The molecule has 16 heavy (non-hydrogen) atoms. The normalized spacial score (nSPS) is 11.0. The summed E-state index contributed by atoms with van der Waals surface area (Å²) in [6.07, 6.45) is 1.65. The van der Waals surface area contributed by atoms with E-state index >= 15 is 0 Å². The van der Waals surface area contributed by atoms with Crippen LogP contribution in [0.2, 0.25) is 0 Å². The lowest BCUT2D eigenvalue weighted by Crippen LogP contribution is -1.97. The number of furan rings is 1. The Labute approximate surface area is 96.9 Å². The van der Waals surface area contributed by atoms with Gasteiger partial charge in [-0.05, 0) is 36.5 Å². The van der Waals surface area contributed by atoms with E-state index in [4.69, 9.17) is 21.1 Å². The summed E-state index contributed by atoms with van der Waals surface area (Å²) in [5, 5.41) is 0. The molecule has 4 heteroatoms. The third kappa shape index (κ3) is 1.47. The number of nitrogens with zero attached hydrogens (tertiary/aromatic N) is 1. The minimum absolute atomic E-state index is 0.470. The summed E-state index contributed by atoms with van der Waals surface area (Å²) in [5.41, 5.74) is 1.79. The second-order valence-electron chi connectivity index (χ2n) is 3.50. The lowest BCUT2D eigenvalue weighted by atomic mass is 10.3. The highest BCUT2D eigenvalue weighted by atomic mass is 32.1. The highest BCUT2D eigenvalue weighted by Gasteiger charge is 2.07. The van der Waals surface area contributed by atoms with Gasteiger partial charge in [-0.25, -0.2) is 0 Å². The molecule has 0 aliphatic carbocycles. The fourth-order valence-electron chi connectivity index (χ4n) is 1.72. The Hall–Kier alpha value is -1.81. The van der Waals surface area contributed by atoms with Crippen LogP contribution in [-0.2, 0) is 6.54 Å². The summed E-state index contributed by atoms with van der Waals surface area (Å²) in [7, 11) is 0. The van der Waals surface area contributed by atoms with Gasteiger partial charge in [0.2, 0.25) is 0 Å². The van der Waals surface area contributed by atoms with Crippen LogP contribution in [0.15, 0.2) is 51.5 Å². The van der Waals surface area contributed by atoms with Crippen LogP contribution >= 0.6 is 12.2 Å². The van der Waals surface area contributed by atoms with Crippen LogP contribution < -0.4 is 0 Å². The summed E-state index contributed by atoms with van der Waals surface area (Å²) in [6, 6.07) is 11.6. The first-order chi connectivity index (χ1) is 7.84. The Bertz CT molecular complexity index is 664. The molecule has 2 heterocycles. The van der Waals surface area contributed by atoms with Gasteiger partial charge in [0.1, 0.15) is 5.76 Å². The third-order valence-corrected chi connectivity index (χ3v) is 2.77. The molecule has 0 amide bonds. The number of hydrogen-bond donors (Lipinski definition) is 0. The van der Waals surface area contributed by atoms with Gasteiger partial charge in [0.15, 0.2) is 5.58 Å². The van der Waals surface area contributed by atoms with Gasteiger partial charge in [0.25, 0.3) is 4.84 Å². The second kappa shape index (κ2) is 3.64. The Morgan fingerprint density at radius 2 is 2.00 bits per heavy atom. The molecule has 0 bridgehead atoms. The maximum absolute atomic E-state index is 5.48. The predicted octanol–water partition coefficient (Wildman–Crippen LogP) is 3.61. The van der Waals surface area contributed by atoms with E-state index in [0.29, 0.717) is 11.4 Å². The van der Waals surface area contributed by atoms with Crippen molar-refractivity contribution in [3.05, 3.63) is 53.3 Å². The quantitative estimate of drug-likeness (QED) is 0.631. The largest absolute Gasteiger partial charge is 0.467 e. The molecule has 0 spiro atoms. The average Bonchev–Trinajstić information content (AvgIpc) is 2.89. The van der Waals surface area contributed by atoms with Crippen molar-refractivity contribution < 1.29 is 8.83 Å². The van der Waals surface area contributed by atoms with Gasteiger partial charge < -0.3 is 8.83 Å². The lowest BCUT2D eigenvalue weighted by Gasteiger charge is -1.99. The van der Waals surface area contributed by atoms with Gasteiger partial charge in [-0.2, -0.15) is 0 Å². The molecule has 3 aromatic rings. The van der Waals surface area contributed by atoms with E-state index in [0.717, 1.165) is 16.9 Å². The van der Waals surface area contributed by atoms with Crippen molar-refractivity contribution in [1.82, 2.24) is 4.57 Å². The van der Waals surface area contributed by atoms with E-state index in [1.807, 2.05) is 41.0 Å². The summed E-state index contributed by atoms with van der Waals surface area (Å²) in [5.74, 6) is 0.864. The second-order valence-corrected chi connectivity index (χ2v) is 3.85. The van der Waals surface area contributed by atoms with Crippen LogP contribution in [-0.4, -0.2) is 4.57 Å². The Morgan fingerprint density at radius 1 is 1.12 bits per heavy atom. The topological polar surface area (TPSA) is 31.2 Å². The maximum Gasteiger partial charge on any atom is 0.270 e. The SMILES string of the molecule is S=c1oc2ccccc2n1Cc1ccco1. The van der Waals surface area contributed by atoms with Crippen LogP contribution in [0.3, 0.4) is 0 Å². The molecule has 0 N–H and O–H groups in total. The monoisotopic (exact) mass is 231 g/mol. The number of rotatable bonds is 2. The zero-order valence-electron chi connectivity index (χ0n) is 8.42. The molecule has 0 atom stereocenters. The molecule has 0 saturated heterocycles. The van der Waals surface area contributed by atoms with Crippen LogP contribution in [0.4, 0.5) is 0 Å². The standard InChI is InChI=1S/C12H9NO2S/c16-12-13(8-9-4-3-7-14-9)10-5-1-2-6-11(10)15-12/h1-7H,8H2. The number of oxazole rings is 1. The molecular formula is C12H9NO2S. The predicted molar refractivity (Wildman–Crippen MR) is 62.8 cm³/mol. The molecule has 3 nitrogen and oxygen atoms in total. The molecule has 0 fully saturated rings. The first-order valence-corrected chi connectivity index (χ1v) is 5.36. The molecule has 0 aliphatic heterocycles. The fourth-order valence-corrected chi connectivity index (χ4v) is 1.97. The first kappa shape index (κ1) is 9.42. The molecule has 1 aromatic carbocycles. The fraction of sp³-hybridized carbons (Fsp3) is 0.0833. The highest BCUT2D eigenvalue weighted by Crippen LogP contribution is 2.18. The van der Waals surface area contributed by atoms with E-state index in [2.05, 4.69) is 0 Å². The minimum Gasteiger partial charge on any atom is -0.467 e. The number of fused-ring (bicyclic) bond motifs is 1. The molecule has 80 valence electrons. The Morgan fingerprint density at radius 3 is 2.81 bits per heavy atom. The van der Waals surface area contributed by atoms with Gasteiger partial charge in [-0.1, -0.05) is 12.1 Å². The van der Waals surface area contributed by atoms with E-state index in [9.17, 15) is 0 Å². The number of aromatic nitrogens is 1. The third-order valence-electron chi connectivity index (χ3n) is 2.47. The smallest absolute Gasteiger partial charge is 0.270 e. The van der Waals surface area contributed by atoms with E-state index in [-0.39, 0.29) is 0 Å². The van der Waals surface area contributed by atoms with Gasteiger partial charge >= 0.3 is 0 Å². The molecule has 0 saturated carbocycles. The number of benzene rings is 1. The Kier molecular flexibility index (Phi) is 2.15. The van der Waals surface area contributed by atoms with Gasteiger partial charge in [-0.15, -0.1) is 0 Å². The zero-order valence-corrected chi connectivity index (χ0v) is 9.24. The van der Waals surface area contributed by atoms with Crippen LogP contribution in [0.25, 0.3) is 11.1 Å². The van der Waals surface area contributed by atoms with Gasteiger partial charge in [-0.3, -0.25) is 4.57 Å². The van der Waals surface area contributed by atoms with Crippen LogP contribution in [0.1, 0.15) is 5.76 Å². The summed E-state index contributed by atoms with van der Waals surface area (Å²) in [6.45, 7) is 0.600. The lowest BCUT2D eigenvalue weighted by molar-refractivity contribution is 0.478. The van der Waals surface area contributed by atoms with Crippen molar-refractivity contribution in [3.8, 4) is 0 Å². The Balaban J connectivity index is 2.16. The molecule has 0 unspecified atom stereocenters. The average molecular weight is 231 g/mol. The number of para-hydroxylation sites is 2. The van der Waals surface area contributed by atoms with E-state index < -0.39 is 0 Å². The van der Waals surface area contributed by atoms with Gasteiger partial charge in [0.05, 0.1) is 18.3 Å². The van der Waals surface area contributed by atoms with E-state index in [1.54, 1.807) is 6.26 Å². The molecule has 0 radical (unpaired) electrons. The summed E-state index contributed by atoms with van der Waals surface area (Å²) >= 11 is 5.18. The van der Waals surface area contributed by atoms with Crippen molar-refractivity contribution in [2.75, 3.05) is 0 Å². The molecular weight excluding hydrogens is 222 g/mol. The molecule has 0 aliphatic rings. The van der Waals surface area contributed by atoms with E-state index in [1.165, 1.54) is 0 Å². The van der Waals surface area contributed by atoms with Crippen LogP contribution in [0.5, 0.6) is 0 Å². The first-order valence-electron chi connectivity index (χ1n) is 4.95. The zero-order chi connectivity index (χ0) is 11.0. The molecule has 2 aromatic heterocycles. The summed E-state index contributed by atoms with van der Waals surface area (Å²) < 4.78 is 12.7. The molecule has 3 rings (SSSR count). The summed E-state index contributed by atoms with van der Waals surface area (Å²) in [4.78, 5) is 0.470. The highest BCUT2D eigenvalue weighted by molar-refractivity contribution is 7.71. The minimum atomic E-state index is 0.470. The van der Waals surface area contributed by atoms with Crippen molar-refractivity contribution >= 4 is 23.3 Å². The van der Waals surface area contributed by atoms with Crippen LogP contribution in [0, 0.1) is 4.84 Å². The van der Waals surface area contributed by atoms with Crippen molar-refractivity contribution in [2.24, 2.45) is 0 Å². The van der Waals surface area contributed by atoms with Crippen molar-refractivity contribution in [3.63, 3.8) is 0 Å². The van der Waals surface area contributed by atoms with Crippen molar-refractivity contribution in [1.29, 1.82) is 0 Å². The van der Waals surface area contributed by atoms with Gasteiger partial charge in [0, 0.05) is 0 Å².